The van der Waals surface area contributed by atoms with Gasteiger partial charge in [-0.2, -0.15) is 0 Å². The van der Waals surface area contributed by atoms with Crippen molar-refractivity contribution in [1.82, 2.24) is 14.9 Å². The van der Waals surface area contributed by atoms with Gasteiger partial charge in [0.1, 0.15) is 11.6 Å². The first-order valence-corrected chi connectivity index (χ1v) is 11.4. The minimum absolute atomic E-state index is 0.0840. The normalized spacial score (nSPS) is 18.2. The van der Waals surface area contributed by atoms with Crippen molar-refractivity contribution in [3.05, 3.63) is 53.0 Å². The molecule has 6 nitrogen and oxygen atoms in total. The van der Waals surface area contributed by atoms with Gasteiger partial charge in [0.15, 0.2) is 0 Å². The van der Waals surface area contributed by atoms with E-state index in [1.807, 2.05) is 30.0 Å². The molecule has 2 aromatic rings. The van der Waals surface area contributed by atoms with Gasteiger partial charge in [-0.15, -0.1) is 0 Å². The Hall–Kier alpha value is -2.47. The molecule has 2 aliphatic heterocycles. The highest BCUT2D eigenvalue weighted by atomic mass is 16.2. The first kappa shape index (κ1) is 20.8. The summed E-state index contributed by atoms with van der Waals surface area (Å²) in [4.78, 5) is 29.1. The highest BCUT2D eigenvalue weighted by molar-refractivity contribution is 5.84. The number of anilines is 1. The van der Waals surface area contributed by atoms with Crippen LogP contribution in [0.4, 0.5) is 5.82 Å². The summed E-state index contributed by atoms with van der Waals surface area (Å²) in [5, 5.41) is 0. The second kappa shape index (κ2) is 9.13. The number of hydrogen-bond acceptors (Lipinski definition) is 4. The quantitative estimate of drug-likeness (QED) is 0.816. The topological polar surface area (TPSA) is 53.8 Å². The molecule has 4 rings (SSSR count). The minimum Gasteiger partial charge on any atom is -0.345 e. The summed E-state index contributed by atoms with van der Waals surface area (Å²) in [5.74, 6) is 2.03. The molecule has 3 heterocycles. The number of aromatic nitrogens is 2. The predicted molar refractivity (Wildman–Crippen MR) is 119 cm³/mol. The predicted octanol–water partition coefficient (Wildman–Crippen LogP) is 1.59. The van der Waals surface area contributed by atoms with Gasteiger partial charge >= 0.3 is 0 Å². The van der Waals surface area contributed by atoms with E-state index in [4.69, 9.17) is 9.97 Å². The third kappa shape index (κ3) is 4.19. The van der Waals surface area contributed by atoms with E-state index >= 15 is 0 Å². The lowest BCUT2D eigenvalue weighted by molar-refractivity contribution is -0.898. The van der Waals surface area contributed by atoms with E-state index in [1.54, 1.807) is 4.90 Å². The van der Waals surface area contributed by atoms with Gasteiger partial charge in [0.05, 0.1) is 50.9 Å². The zero-order chi connectivity index (χ0) is 21.1. The lowest BCUT2D eigenvalue weighted by atomic mass is 9.93. The Morgan fingerprint density at radius 2 is 1.83 bits per heavy atom. The van der Waals surface area contributed by atoms with Gasteiger partial charge in [-0.3, -0.25) is 4.79 Å². The van der Waals surface area contributed by atoms with E-state index in [9.17, 15) is 4.79 Å². The van der Waals surface area contributed by atoms with Crippen LogP contribution in [0.25, 0.3) is 0 Å². The molecule has 0 saturated carbocycles. The van der Waals surface area contributed by atoms with Crippen molar-refractivity contribution in [3.63, 3.8) is 0 Å². The van der Waals surface area contributed by atoms with Gasteiger partial charge in [-0.05, 0) is 25.8 Å². The minimum atomic E-state index is -0.0840. The monoisotopic (exact) mass is 408 g/mol. The Morgan fingerprint density at radius 3 is 2.50 bits per heavy atom. The smallest absolute Gasteiger partial charge is 0.230 e. The summed E-state index contributed by atoms with van der Waals surface area (Å²) >= 11 is 0. The number of benzene rings is 1. The highest BCUT2D eigenvalue weighted by Gasteiger charge is 2.31. The van der Waals surface area contributed by atoms with Crippen molar-refractivity contribution < 1.29 is 9.69 Å². The lowest BCUT2D eigenvalue weighted by Crippen LogP contribution is -3.14. The van der Waals surface area contributed by atoms with E-state index in [0.717, 1.165) is 74.0 Å². The fourth-order valence-electron chi connectivity index (χ4n) is 4.81. The molecule has 1 fully saturated rings. The molecule has 1 aromatic heterocycles. The molecule has 1 atom stereocenters. The fourth-order valence-corrected chi connectivity index (χ4v) is 4.81. The molecule has 0 spiro atoms. The molecule has 1 aromatic carbocycles. The number of nitrogens with zero attached hydrogens (tertiary/aromatic N) is 4. The maximum Gasteiger partial charge on any atom is 0.230 e. The van der Waals surface area contributed by atoms with E-state index < -0.39 is 0 Å². The summed E-state index contributed by atoms with van der Waals surface area (Å²) in [5.41, 5.74) is 3.39. The van der Waals surface area contributed by atoms with E-state index in [-0.39, 0.29) is 11.8 Å². The zero-order valence-electron chi connectivity index (χ0n) is 18.5. The summed E-state index contributed by atoms with van der Waals surface area (Å²) < 4.78 is 0. The summed E-state index contributed by atoms with van der Waals surface area (Å²) in [6, 6.07) is 10.2. The molecule has 160 valence electrons. The number of fused-ring (bicyclic) bond motifs is 1. The van der Waals surface area contributed by atoms with Crippen LogP contribution in [0, 0.1) is 6.92 Å². The van der Waals surface area contributed by atoms with Gasteiger partial charge in [0.25, 0.3) is 0 Å². The number of amides is 1. The van der Waals surface area contributed by atoms with E-state index in [2.05, 4.69) is 30.9 Å². The summed E-state index contributed by atoms with van der Waals surface area (Å²) in [6.07, 6.45) is 1.62. The number of piperazine rings is 1. The van der Waals surface area contributed by atoms with Crippen LogP contribution in [0.2, 0.25) is 0 Å². The number of likely N-dealkylation sites (N-methyl/N-ethyl adjacent to an activating group) is 1. The van der Waals surface area contributed by atoms with Gasteiger partial charge in [0.2, 0.25) is 5.91 Å². The van der Waals surface area contributed by atoms with Gasteiger partial charge in [-0.25, -0.2) is 9.97 Å². The Morgan fingerprint density at radius 1 is 1.10 bits per heavy atom. The Bertz CT molecular complexity index is 877. The van der Waals surface area contributed by atoms with Crippen molar-refractivity contribution in [2.24, 2.45) is 0 Å². The van der Waals surface area contributed by atoms with Crippen LogP contribution in [-0.4, -0.2) is 60.0 Å². The van der Waals surface area contributed by atoms with Crippen molar-refractivity contribution >= 4 is 11.7 Å². The van der Waals surface area contributed by atoms with E-state index in [1.165, 1.54) is 6.54 Å². The van der Waals surface area contributed by atoms with Crippen LogP contribution >= 0.6 is 0 Å². The Kier molecular flexibility index (Phi) is 6.32. The van der Waals surface area contributed by atoms with Crippen LogP contribution in [-0.2, 0) is 17.8 Å². The maximum absolute atomic E-state index is 13.4. The fraction of sp³-hybridized carbons (Fsp3) is 0.542. The summed E-state index contributed by atoms with van der Waals surface area (Å²) in [7, 11) is 0. The third-order valence-corrected chi connectivity index (χ3v) is 6.64. The molecule has 1 N–H and O–H groups in total. The molecule has 6 heteroatoms. The molecule has 1 amide bonds. The number of rotatable bonds is 5. The molecule has 1 saturated heterocycles. The molecule has 0 radical (unpaired) electrons. The standard InChI is InChI=1S/C24H33N5O/c1-4-20(19-9-7-6-8-10-19)24(30)29-12-11-22-21(17-29)23(26-18(3)25-22)28-15-13-27(5-2)14-16-28/h6-10,20H,4-5,11-17H2,1-3H3/p+1/t20-/m1/s1. The lowest BCUT2D eigenvalue weighted by Gasteiger charge is -2.37. The molecular formula is C24H34N5O+. The van der Waals surface area contributed by atoms with Crippen LogP contribution in [0.1, 0.15) is 48.8 Å². The first-order valence-electron chi connectivity index (χ1n) is 11.4. The number of nitrogens with one attached hydrogen (secondary N) is 1. The molecule has 30 heavy (non-hydrogen) atoms. The zero-order valence-corrected chi connectivity index (χ0v) is 18.5. The van der Waals surface area contributed by atoms with Crippen molar-refractivity contribution in [3.8, 4) is 0 Å². The van der Waals surface area contributed by atoms with Crippen LogP contribution in [0.3, 0.4) is 0 Å². The van der Waals surface area contributed by atoms with Crippen LogP contribution < -0.4 is 9.80 Å². The molecule has 0 aliphatic carbocycles. The average Bonchev–Trinajstić information content (AvgIpc) is 2.79. The molecule has 0 unspecified atom stereocenters. The van der Waals surface area contributed by atoms with Gasteiger partial charge in [-0.1, -0.05) is 37.3 Å². The molecular weight excluding hydrogens is 374 g/mol. The second-order valence-electron chi connectivity index (χ2n) is 8.49. The van der Waals surface area contributed by atoms with Crippen LogP contribution in [0.5, 0.6) is 0 Å². The SMILES string of the molecule is CC[C@@H](C(=O)N1CCc2nc(C)nc(N3CC[NH+](CC)CC3)c2C1)c1ccccc1. The van der Waals surface area contributed by atoms with Crippen LogP contribution in [0.15, 0.2) is 30.3 Å². The number of quaternary nitrogens is 1. The molecule has 2 aliphatic rings. The van der Waals surface area contributed by atoms with Gasteiger partial charge in [0, 0.05) is 18.5 Å². The molecule has 0 bridgehead atoms. The number of carbonyl (C=O) groups is 1. The number of hydrogen-bond donors (Lipinski definition) is 1. The van der Waals surface area contributed by atoms with Crippen molar-refractivity contribution in [2.75, 3.05) is 44.2 Å². The second-order valence-corrected chi connectivity index (χ2v) is 8.49. The number of carbonyl (C=O) groups excluding carboxylic acids is 1. The van der Waals surface area contributed by atoms with Crippen molar-refractivity contribution in [1.29, 1.82) is 0 Å². The Balaban J connectivity index is 1.57. The summed E-state index contributed by atoms with van der Waals surface area (Å²) in [6.45, 7) is 13.2. The van der Waals surface area contributed by atoms with Crippen molar-refractivity contribution in [2.45, 2.75) is 46.1 Å². The number of aryl methyl sites for hydroxylation is 1. The van der Waals surface area contributed by atoms with Gasteiger partial charge < -0.3 is 14.7 Å². The first-order chi connectivity index (χ1) is 14.6. The van der Waals surface area contributed by atoms with E-state index in [0.29, 0.717) is 6.54 Å². The highest BCUT2D eigenvalue weighted by Crippen LogP contribution is 2.30. The maximum atomic E-state index is 13.4. The largest absolute Gasteiger partial charge is 0.345 e. The Labute approximate surface area is 179 Å². The third-order valence-electron chi connectivity index (χ3n) is 6.64. The average molecular weight is 409 g/mol.